The molecule has 2 aliphatic rings. The van der Waals surface area contributed by atoms with Gasteiger partial charge in [-0.1, -0.05) is 6.42 Å². The van der Waals surface area contributed by atoms with Crippen molar-refractivity contribution in [3.63, 3.8) is 0 Å². The highest BCUT2D eigenvalue weighted by molar-refractivity contribution is 7.89. The fraction of sp³-hybridized carbons (Fsp3) is 0.571. The van der Waals surface area contributed by atoms with Crippen LogP contribution in [0.1, 0.15) is 48.3 Å². The molecule has 0 spiro atoms. The minimum absolute atomic E-state index is 0.0692. The van der Waals surface area contributed by atoms with Crippen LogP contribution in [0.2, 0.25) is 0 Å². The summed E-state index contributed by atoms with van der Waals surface area (Å²) >= 11 is 1.40. The first-order valence-electron chi connectivity index (χ1n) is 10.9. The fourth-order valence-electron chi connectivity index (χ4n) is 4.27. The Kier molecular flexibility index (Phi) is 6.68. The van der Waals surface area contributed by atoms with Crippen LogP contribution in [0.4, 0.5) is 5.13 Å². The van der Waals surface area contributed by atoms with Crippen LogP contribution in [0.5, 0.6) is 0 Å². The maximum atomic E-state index is 13.1. The summed E-state index contributed by atoms with van der Waals surface area (Å²) in [5, 5.41) is 5.34. The Bertz CT molecular complexity index is 1090. The van der Waals surface area contributed by atoms with E-state index in [-0.39, 0.29) is 22.6 Å². The molecule has 0 atom stereocenters. The molecule has 0 saturated carbocycles. The van der Waals surface area contributed by atoms with Gasteiger partial charge in [-0.05, 0) is 38.7 Å². The monoisotopic (exact) mass is 479 g/mol. The molecular formula is C21H29N5O4S2. The number of sulfonamides is 1. The Labute approximate surface area is 192 Å². The molecule has 0 radical (unpaired) electrons. The molecule has 0 unspecified atom stereocenters. The van der Waals surface area contributed by atoms with Crippen molar-refractivity contribution in [3.8, 4) is 0 Å². The van der Waals surface area contributed by atoms with E-state index in [1.54, 1.807) is 16.5 Å². The number of hydrogen-bond donors (Lipinski definition) is 1. The molecule has 32 heavy (non-hydrogen) atoms. The van der Waals surface area contributed by atoms with E-state index in [1.165, 1.54) is 27.9 Å². The Morgan fingerprint density at radius 1 is 1.12 bits per heavy atom. The van der Waals surface area contributed by atoms with E-state index in [4.69, 9.17) is 0 Å². The first-order chi connectivity index (χ1) is 15.3. The SMILES string of the molecule is Cc1csc(NC(=O)C2CCN(C(=O)c3cc(S(=O)(=O)N4CCCCC4)cn3C)CC2)n1. The maximum Gasteiger partial charge on any atom is 0.270 e. The summed E-state index contributed by atoms with van der Waals surface area (Å²) in [6.07, 6.45) is 5.41. The Balaban J connectivity index is 1.38. The van der Waals surface area contributed by atoms with Gasteiger partial charge >= 0.3 is 0 Å². The number of likely N-dealkylation sites (tertiary alicyclic amines) is 1. The molecule has 2 fully saturated rings. The molecule has 0 bridgehead atoms. The summed E-state index contributed by atoms with van der Waals surface area (Å²) in [7, 11) is -1.90. The van der Waals surface area contributed by atoms with Crippen molar-refractivity contribution >= 4 is 38.3 Å². The summed E-state index contributed by atoms with van der Waals surface area (Å²) in [6, 6.07) is 1.48. The molecular weight excluding hydrogens is 450 g/mol. The molecule has 11 heteroatoms. The summed E-state index contributed by atoms with van der Waals surface area (Å²) in [4.78, 5) is 31.7. The molecule has 1 N–H and O–H groups in total. The second-order valence-corrected chi connectivity index (χ2v) is 11.3. The van der Waals surface area contributed by atoms with Gasteiger partial charge in [-0.3, -0.25) is 9.59 Å². The number of anilines is 1. The first kappa shape index (κ1) is 22.9. The highest BCUT2D eigenvalue weighted by Crippen LogP contribution is 2.25. The van der Waals surface area contributed by atoms with Gasteiger partial charge in [0.25, 0.3) is 5.91 Å². The number of nitrogens with one attached hydrogen (secondary N) is 1. The van der Waals surface area contributed by atoms with Gasteiger partial charge in [0, 0.05) is 50.7 Å². The zero-order valence-electron chi connectivity index (χ0n) is 18.4. The van der Waals surface area contributed by atoms with E-state index < -0.39 is 10.0 Å². The second kappa shape index (κ2) is 9.32. The van der Waals surface area contributed by atoms with Gasteiger partial charge in [-0.2, -0.15) is 4.31 Å². The van der Waals surface area contributed by atoms with E-state index in [2.05, 4.69) is 10.3 Å². The van der Waals surface area contributed by atoms with Crippen molar-refractivity contribution in [2.75, 3.05) is 31.5 Å². The van der Waals surface area contributed by atoms with Crippen molar-refractivity contribution in [3.05, 3.63) is 29.0 Å². The highest BCUT2D eigenvalue weighted by atomic mass is 32.2. The van der Waals surface area contributed by atoms with Gasteiger partial charge in [0.15, 0.2) is 5.13 Å². The quantitative estimate of drug-likeness (QED) is 0.709. The van der Waals surface area contributed by atoms with E-state index in [0.29, 0.717) is 49.8 Å². The minimum atomic E-state index is -3.59. The number of hydrogen-bond acceptors (Lipinski definition) is 6. The molecule has 2 amide bonds. The minimum Gasteiger partial charge on any atom is -0.345 e. The van der Waals surface area contributed by atoms with Crippen LogP contribution in [0.25, 0.3) is 0 Å². The molecule has 0 aromatic carbocycles. The number of rotatable bonds is 5. The number of carbonyl (C=O) groups excluding carboxylic acids is 2. The van der Waals surface area contributed by atoms with Gasteiger partial charge < -0.3 is 14.8 Å². The number of amides is 2. The van der Waals surface area contributed by atoms with Gasteiger partial charge in [0.1, 0.15) is 10.6 Å². The van der Waals surface area contributed by atoms with E-state index in [0.717, 1.165) is 25.0 Å². The Morgan fingerprint density at radius 3 is 2.44 bits per heavy atom. The molecule has 2 aliphatic heterocycles. The Morgan fingerprint density at radius 2 is 1.81 bits per heavy atom. The summed E-state index contributed by atoms with van der Waals surface area (Å²) < 4.78 is 29.0. The van der Waals surface area contributed by atoms with Crippen LogP contribution in [-0.2, 0) is 21.9 Å². The van der Waals surface area contributed by atoms with Crippen LogP contribution in [0.3, 0.4) is 0 Å². The zero-order chi connectivity index (χ0) is 22.9. The molecule has 0 aliphatic carbocycles. The highest BCUT2D eigenvalue weighted by Gasteiger charge is 2.32. The van der Waals surface area contributed by atoms with Crippen molar-refractivity contribution in [1.29, 1.82) is 0 Å². The number of piperidine rings is 2. The molecule has 9 nitrogen and oxygen atoms in total. The predicted octanol–water partition coefficient (Wildman–Crippen LogP) is 2.46. The first-order valence-corrected chi connectivity index (χ1v) is 13.3. The number of aromatic nitrogens is 2. The standard InChI is InChI=1S/C21H29N5O4S2/c1-15-14-31-21(22-15)23-19(27)16-6-10-25(11-7-16)20(28)18-12-17(13-24(18)2)32(29,30)26-8-4-3-5-9-26/h12-14,16H,3-11H2,1-2H3,(H,22,23,27). The van der Waals surface area contributed by atoms with E-state index in [1.807, 2.05) is 12.3 Å². The third kappa shape index (κ3) is 4.74. The maximum absolute atomic E-state index is 13.1. The smallest absolute Gasteiger partial charge is 0.270 e. The average Bonchev–Trinajstić information content (AvgIpc) is 3.39. The van der Waals surface area contributed by atoms with E-state index in [9.17, 15) is 18.0 Å². The molecule has 2 aromatic heterocycles. The van der Waals surface area contributed by atoms with Crippen LogP contribution < -0.4 is 5.32 Å². The third-order valence-corrected chi connectivity index (χ3v) is 8.89. The molecule has 174 valence electrons. The lowest BCUT2D eigenvalue weighted by Crippen LogP contribution is -2.42. The number of aryl methyl sites for hydroxylation is 2. The average molecular weight is 480 g/mol. The lowest BCUT2D eigenvalue weighted by atomic mass is 9.96. The normalized spacial score (nSPS) is 18.6. The lowest BCUT2D eigenvalue weighted by Gasteiger charge is -2.31. The van der Waals surface area contributed by atoms with Crippen LogP contribution in [0, 0.1) is 12.8 Å². The molecule has 2 aromatic rings. The van der Waals surface area contributed by atoms with Gasteiger partial charge in [-0.15, -0.1) is 11.3 Å². The molecule has 4 rings (SSSR count). The van der Waals surface area contributed by atoms with Crippen molar-refractivity contribution in [2.45, 2.75) is 43.9 Å². The van der Waals surface area contributed by atoms with Gasteiger partial charge in [-0.25, -0.2) is 13.4 Å². The van der Waals surface area contributed by atoms with Crippen LogP contribution in [0.15, 0.2) is 22.5 Å². The number of thiazole rings is 1. The topological polar surface area (TPSA) is 105 Å². The summed E-state index contributed by atoms with van der Waals surface area (Å²) in [5.74, 6) is -0.450. The summed E-state index contributed by atoms with van der Waals surface area (Å²) in [5.41, 5.74) is 1.22. The van der Waals surface area contributed by atoms with Gasteiger partial charge in [0.2, 0.25) is 15.9 Å². The van der Waals surface area contributed by atoms with E-state index >= 15 is 0 Å². The predicted molar refractivity (Wildman–Crippen MR) is 122 cm³/mol. The Hall–Kier alpha value is -2.24. The lowest BCUT2D eigenvalue weighted by molar-refractivity contribution is -0.121. The molecule has 2 saturated heterocycles. The van der Waals surface area contributed by atoms with Crippen molar-refractivity contribution in [1.82, 2.24) is 18.8 Å². The number of carbonyl (C=O) groups is 2. The van der Waals surface area contributed by atoms with Crippen LogP contribution >= 0.6 is 11.3 Å². The van der Waals surface area contributed by atoms with Gasteiger partial charge in [0.05, 0.1) is 5.69 Å². The fourth-order valence-corrected chi connectivity index (χ4v) is 6.55. The third-order valence-electron chi connectivity index (χ3n) is 6.15. The van der Waals surface area contributed by atoms with Crippen molar-refractivity contribution in [2.24, 2.45) is 13.0 Å². The zero-order valence-corrected chi connectivity index (χ0v) is 20.0. The van der Waals surface area contributed by atoms with Crippen molar-refractivity contribution < 1.29 is 18.0 Å². The summed E-state index contributed by atoms with van der Waals surface area (Å²) in [6.45, 7) is 3.83. The number of nitrogens with zero attached hydrogens (tertiary/aromatic N) is 4. The molecule has 4 heterocycles. The largest absolute Gasteiger partial charge is 0.345 e. The van der Waals surface area contributed by atoms with Crippen LogP contribution in [-0.4, -0.2) is 65.2 Å². The second-order valence-electron chi connectivity index (χ2n) is 8.49.